The van der Waals surface area contributed by atoms with Crippen molar-refractivity contribution in [2.45, 2.75) is 6.54 Å². The first-order valence-electron chi connectivity index (χ1n) is 5.83. The zero-order chi connectivity index (χ0) is 14.7. The van der Waals surface area contributed by atoms with Crippen molar-refractivity contribution in [2.75, 3.05) is 5.32 Å². The number of aromatic hydroxyl groups is 2. The molecule has 0 aliphatic rings. The van der Waals surface area contributed by atoms with E-state index in [9.17, 15) is 14.3 Å². The third-order valence-electron chi connectivity index (χ3n) is 2.75. The van der Waals surface area contributed by atoms with Gasteiger partial charge in [-0.1, -0.05) is 0 Å². The minimum atomic E-state index is -0.572. The number of benzene rings is 2. The van der Waals surface area contributed by atoms with E-state index < -0.39 is 11.7 Å². The highest BCUT2D eigenvalue weighted by molar-refractivity contribution is 6.06. The minimum Gasteiger partial charge on any atom is -0.508 e. The molecule has 0 spiro atoms. The summed E-state index contributed by atoms with van der Waals surface area (Å²) in [4.78, 5) is 12.0. The number of carbonyl (C=O) groups excluding carboxylic acids is 1. The van der Waals surface area contributed by atoms with Crippen LogP contribution in [0.1, 0.15) is 15.9 Å². The van der Waals surface area contributed by atoms with Gasteiger partial charge < -0.3 is 21.3 Å². The standard InChI is InChI=1S/C14H13FN2O3/c15-12-4-1-9(5-8(12)7-16)17-14(20)11-3-2-10(18)6-13(11)19/h1-6,18-19H,7,16H2,(H,17,20). The topological polar surface area (TPSA) is 95.6 Å². The van der Waals surface area contributed by atoms with Crippen molar-refractivity contribution in [3.63, 3.8) is 0 Å². The molecule has 0 fully saturated rings. The van der Waals surface area contributed by atoms with Crippen LogP contribution in [0.25, 0.3) is 0 Å². The first-order valence-corrected chi connectivity index (χ1v) is 5.83. The van der Waals surface area contributed by atoms with Gasteiger partial charge in [-0.25, -0.2) is 4.39 Å². The van der Waals surface area contributed by atoms with Gasteiger partial charge in [0.1, 0.15) is 17.3 Å². The molecule has 1 amide bonds. The molecule has 104 valence electrons. The number of rotatable bonds is 3. The van der Waals surface area contributed by atoms with Gasteiger partial charge in [-0.05, 0) is 30.3 Å². The summed E-state index contributed by atoms with van der Waals surface area (Å²) in [5.41, 5.74) is 6.02. The van der Waals surface area contributed by atoms with Crippen molar-refractivity contribution in [2.24, 2.45) is 5.73 Å². The molecule has 0 unspecified atom stereocenters. The molecule has 0 radical (unpaired) electrons. The van der Waals surface area contributed by atoms with E-state index in [1.54, 1.807) is 0 Å². The van der Waals surface area contributed by atoms with Crippen LogP contribution in [0.15, 0.2) is 36.4 Å². The van der Waals surface area contributed by atoms with E-state index in [0.29, 0.717) is 5.69 Å². The van der Waals surface area contributed by atoms with Crippen molar-refractivity contribution in [3.05, 3.63) is 53.3 Å². The molecule has 2 rings (SSSR count). The number of nitrogens with one attached hydrogen (secondary N) is 1. The number of halogens is 1. The molecule has 0 heterocycles. The predicted molar refractivity (Wildman–Crippen MR) is 72.0 cm³/mol. The summed E-state index contributed by atoms with van der Waals surface area (Å²) >= 11 is 0. The zero-order valence-electron chi connectivity index (χ0n) is 10.4. The van der Waals surface area contributed by atoms with Gasteiger partial charge in [-0.15, -0.1) is 0 Å². The van der Waals surface area contributed by atoms with Gasteiger partial charge in [-0.2, -0.15) is 0 Å². The molecule has 5 N–H and O–H groups in total. The molecule has 0 saturated heterocycles. The van der Waals surface area contributed by atoms with E-state index in [-0.39, 0.29) is 29.2 Å². The van der Waals surface area contributed by atoms with Crippen LogP contribution in [0.5, 0.6) is 11.5 Å². The first kappa shape index (κ1) is 13.8. The Morgan fingerprint density at radius 2 is 1.95 bits per heavy atom. The number of hydrogen-bond acceptors (Lipinski definition) is 4. The van der Waals surface area contributed by atoms with E-state index in [2.05, 4.69) is 5.32 Å². The molecule has 2 aromatic rings. The third kappa shape index (κ3) is 2.86. The van der Waals surface area contributed by atoms with Gasteiger partial charge in [0.05, 0.1) is 5.56 Å². The zero-order valence-corrected chi connectivity index (χ0v) is 10.4. The van der Waals surface area contributed by atoms with Crippen molar-refractivity contribution < 1.29 is 19.4 Å². The fourth-order valence-corrected chi connectivity index (χ4v) is 1.72. The van der Waals surface area contributed by atoms with Gasteiger partial charge in [0.2, 0.25) is 0 Å². The highest BCUT2D eigenvalue weighted by Gasteiger charge is 2.12. The van der Waals surface area contributed by atoms with E-state index in [4.69, 9.17) is 10.8 Å². The lowest BCUT2D eigenvalue weighted by molar-refractivity contribution is 0.102. The molecule has 0 saturated carbocycles. The molecule has 6 heteroatoms. The summed E-state index contributed by atoms with van der Waals surface area (Å²) in [7, 11) is 0. The fraction of sp³-hybridized carbons (Fsp3) is 0.0714. The average molecular weight is 276 g/mol. The summed E-state index contributed by atoms with van der Waals surface area (Å²) in [6, 6.07) is 7.64. The van der Waals surface area contributed by atoms with E-state index in [1.165, 1.54) is 30.3 Å². The lowest BCUT2D eigenvalue weighted by Crippen LogP contribution is -2.12. The second kappa shape index (κ2) is 5.58. The maximum absolute atomic E-state index is 13.3. The Balaban J connectivity index is 2.23. The molecule has 5 nitrogen and oxygen atoms in total. The molecule has 2 aromatic carbocycles. The Kier molecular flexibility index (Phi) is 3.86. The van der Waals surface area contributed by atoms with Crippen molar-refractivity contribution in [1.29, 1.82) is 0 Å². The normalized spacial score (nSPS) is 10.3. The highest BCUT2D eigenvalue weighted by Crippen LogP contribution is 2.24. The Morgan fingerprint density at radius 3 is 2.60 bits per heavy atom. The lowest BCUT2D eigenvalue weighted by atomic mass is 10.1. The Bertz CT molecular complexity index is 659. The van der Waals surface area contributed by atoms with Crippen molar-refractivity contribution in [1.82, 2.24) is 0 Å². The van der Waals surface area contributed by atoms with Gasteiger partial charge in [0.25, 0.3) is 5.91 Å². The number of nitrogens with two attached hydrogens (primary N) is 1. The largest absolute Gasteiger partial charge is 0.508 e. The predicted octanol–water partition coefficient (Wildman–Crippen LogP) is 1.95. The second-order valence-corrected chi connectivity index (χ2v) is 4.17. The summed E-state index contributed by atoms with van der Waals surface area (Å²) in [5, 5.41) is 21.3. The van der Waals surface area contributed by atoms with Gasteiger partial charge >= 0.3 is 0 Å². The number of hydrogen-bond donors (Lipinski definition) is 4. The molecule has 0 aliphatic carbocycles. The second-order valence-electron chi connectivity index (χ2n) is 4.17. The van der Waals surface area contributed by atoms with Crippen LogP contribution in [-0.4, -0.2) is 16.1 Å². The van der Waals surface area contributed by atoms with Crippen molar-refractivity contribution in [3.8, 4) is 11.5 Å². The quantitative estimate of drug-likeness (QED) is 0.689. The Hall–Kier alpha value is -2.60. The van der Waals surface area contributed by atoms with Crippen LogP contribution in [0.3, 0.4) is 0 Å². The average Bonchev–Trinajstić information content (AvgIpc) is 2.40. The fourth-order valence-electron chi connectivity index (χ4n) is 1.72. The number of carbonyl (C=O) groups is 1. The summed E-state index contributed by atoms with van der Waals surface area (Å²) in [6.45, 7) is 0.0139. The van der Waals surface area contributed by atoms with Crippen LogP contribution in [0.4, 0.5) is 10.1 Å². The van der Waals surface area contributed by atoms with Crippen LogP contribution < -0.4 is 11.1 Å². The van der Waals surface area contributed by atoms with E-state index in [0.717, 1.165) is 6.07 Å². The Morgan fingerprint density at radius 1 is 1.20 bits per heavy atom. The molecule has 0 aliphatic heterocycles. The van der Waals surface area contributed by atoms with Crippen LogP contribution in [0, 0.1) is 5.82 Å². The van der Waals surface area contributed by atoms with Crippen molar-refractivity contribution >= 4 is 11.6 Å². The van der Waals surface area contributed by atoms with Gasteiger partial charge in [0.15, 0.2) is 0 Å². The lowest BCUT2D eigenvalue weighted by Gasteiger charge is -2.09. The summed E-state index contributed by atoms with van der Waals surface area (Å²) < 4.78 is 13.3. The van der Waals surface area contributed by atoms with Crippen LogP contribution >= 0.6 is 0 Å². The molecule has 0 atom stereocenters. The third-order valence-corrected chi connectivity index (χ3v) is 2.75. The number of phenols is 2. The van der Waals surface area contributed by atoms with E-state index >= 15 is 0 Å². The van der Waals surface area contributed by atoms with E-state index in [1.807, 2.05) is 0 Å². The minimum absolute atomic E-state index is 0.00132. The molecular weight excluding hydrogens is 263 g/mol. The van der Waals surface area contributed by atoms with Gasteiger partial charge in [-0.3, -0.25) is 4.79 Å². The number of phenolic OH excluding ortho intramolecular Hbond substituents is 2. The number of amides is 1. The monoisotopic (exact) mass is 276 g/mol. The maximum Gasteiger partial charge on any atom is 0.259 e. The summed E-state index contributed by atoms with van der Waals surface area (Å²) in [5.74, 6) is -1.51. The highest BCUT2D eigenvalue weighted by atomic mass is 19.1. The Labute approximate surface area is 114 Å². The molecule has 20 heavy (non-hydrogen) atoms. The smallest absolute Gasteiger partial charge is 0.259 e. The summed E-state index contributed by atoms with van der Waals surface area (Å²) in [6.07, 6.45) is 0. The van der Waals surface area contributed by atoms with Crippen LogP contribution in [-0.2, 0) is 6.54 Å². The van der Waals surface area contributed by atoms with Gasteiger partial charge in [0, 0.05) is 23.9 Å². The van der Waals surface area contributed by atoms with Crippen LogP contribution in [0.2, 0.25) is 0 Å². The first-order chi connectivity index (χ1) is 9.51. The molecular formula is C14H13FN2O3. The SMILES string of the molecule is NCc1cc(NC(=O)c2ccc(O)cc2O)ccc1F. The molecule has 0 bridgehead atoms. The number of anilines is 1. The maximum atomic E-state index is 13.3. The molecule has 0 aromatic heterocycles.